The zero-order valence-electron chi connectivity index (χ0n) is 8.87. The Kier molecular flexibility index (Phi) is 3.25. The van der Waals surface area contributed by atoms with Gasteiger partial charge in [0.05, 0.1) is 6.54 Å². The van der Waals surface area contributed by atoms with E-state index in [-0.39, 0.29) is 12.5 Å². The van der Waals surface area contributed by atoms with Gasteiger partial charge < -0.3 is 10.6 Å². The van der Waals surface area contributed by atoms with Crippen molar-refractivity contribution in [3.63, 3.8) is 0 Å². The maximum Gasteiger partial charge on any atom is 0.240 e. The Bertz CT molecular complexity index is 347. The number of likely N-dealkylation sites (N-methyl/N-ethyl adjacent to an activating group) is 1. The van der Waals surface area contributed by atoms with Crippen molar-refractivity contribution in [3.05, 3.63) is 29.3 Å². The Balaban J connectivity index is 3.05. The van der Waals surface area contributed by atoms with Crippen LogP contribution >= 0.6 is 0 Å². The van der Waals surface area contributed by atoms with E-state index in [1.165, 1.54) is 0 Å². The highest BCUT2D eigenvalue weighted by atomic mass is 16.2. The van der Waals surface area contributed by atoms with Crippen LogP contribution in [0.15, 0.2) is 18.2 Å². The highest BCUT2D eigenvalue weighted by Crippen LogP contribution is 2.19. The van der Waals surface area contributed by atoms with Crippen LogP contribution in [0.5, 0.6) is 0 Å². The van der Waals surface area contributed by atoms with Crippen molar-refractivity contribution >= 4 is 11.6 Å². The molecule has 3 nitrogen and oxygen atoms in total. The molecule has 1 aromatic rings. The summed E-state index contributed by atoms with van der Waals surface area (Å²) in [5.74, 6) is -0.0706. The molecule has 14 heavy (non-hydrogen) atoms. The van der Waals surface area contributed by atoms with Gasteiger partial charge in [-0.3, -0.25) is 4.79 Å². The van der Waals surface area contributed by atoms with E-state index in [2.05, 4.69) is 0 Å². The smallest absolute Gasteiger partial charge is 0.240 e. The van der Waals surface area contributed by atoms with Gasteiger partial charge in [0, 0.05) is 12.7 Å². The minimum absolute atomic E-state index is 0.0455. The number of nitrogens with zero attached hydrogens (tertiary/aromatic N) is 1. The molecule has 0 aromatic heterocycles. The quantitative estimate of drug-likeness (QED) is 0.766. The van der Waals surface area contributed by atoms with Gasteiger partial charge in [-0.2, -0.15) is 0 Å². The predicted molar refractivity (Wildman–Crippen MR) is 58.4 cm³/mol. The van der Waals surface area contributed by atoms with E-state index < -0.39 is 0 Å². The monoisotopic (exact) mass is 192 g/mol. The molecule has 0 spiro atoms. The summed E-state index contributed by atoms with van der Waals surface area (Å²) in [6.45, 7) is 4.03. The number of rotatable bonds is 2. The molecule has 0 saturated heterocycles. The van der Waals surface area contributed by atoms with Crippen LogP contribution in [0.4, 0.5) is 5.69 Å². The van der Waals surface area contributed by atoms with Gasteiger partial charge in [-0.1, -0.05) is 12.1 Å². The summed E-state index contributed by atoms with van der Waals surface area (Å²) in [6, 6.07) is 6.02. The molecule has 1 rings (SSSR count). The number of benzene rings is 1. The second-order valence-electron chi connectivity index (χ2n) is 3.45. The lowest BCUT2D eigenvalue weighted by atomic mass is 10.1. The average Bonchev–Trinajstić information content (AvgIpc) is 2.19. The van der Waals surface area contributed by atoms with Gasteiger partial charge in [0.2, 0.25) is 5.91 Å². The van der Waals surface area contributed by atoms with Crippen molar-refractivity contribution in [3.8, 4) is 0 Å². The topological polar surface area (TPSA) is 46.3 Å². The van der Waals surface area contributed by atoms with Gasteiger partial charge in [-0.05, 0) is 31.0 Å². The molecule has 0 aliphatic rings. The van der Waals surface area contributed by atoms with Crippen molar-refractivity contribution in [2.45, 2.75) is 13.8 Å². The van der Waals surface area contributed by atoms with E-state index in [9.17, 15) is 4.79 Å². The minimum Gasteiger partial charge on any atom is -0.322 e. The molecule has 0 aliphatic carbocycles. The van der Waals surface area contributed by atoms with Crippen molar-refractivity contribution < 1.29 is 4.79 Å². The van der Waals surface area contributed by atoms with Crippen molar-refractivity contribution in [2.75, 3.05) is 18.5 Å². The highest BCUT2D eigenvalue weighted by molar-refractivity contribution is 5.94. The van der Waals surface area contributed by atoms with Gasteiger partial charge >= 0.3 is 0 Å². The molecule has 0 atom stereocenters. The maximum absolute atomic E-state index is 11.4. The Morgan fingerprint density at radius 1 is 1.43 bits per heavy atom. The van der Waals surface area contributed by atoms with Gasteiger partial charge in [0.25, 0.3) is 0 Å². The molecule has 2 N–H and O–H groups in total. The summed E-state index contributed by atoms with van der Waals surface area (Å²) in [4.78, 5) is 13.0. The Morgan fingerprint density at radius 2 is 2.07 bits per heavy atom. The van der Waals surface area contributed by atoms with Gasteiger partial charge in [-0.15, -0.1) is 0 Å². The fourth-order valence-corrected chi connectivity index (χ4v) is 1.35. The van der Waals surface area contributed by atoms with Gasteiger partial charge in [0.15, 0.2) is 0 Å². The molecule has 76 valence electrons. The number of aryl methyl sites for hydroxylation is 2. The Morgan fingerprint density at radius 3 is 2.64 bits per heavy atom. The first-order valence-corrected chi connectivity index (χ1v) is 4.60. The fraction of sp³-hybridized carbons (Fsp3) is 0.364. The molecule has 0 bridgehead atoms. The van der Waals surface area contributed by atoms with Gasteiger partial charge in [0.1, 0.15) is 0 Å². The van der Waals surface area contributed by atoms with Crippen molar-refractivity contribution in [2.24, 2.45) is 5.73 Å². The van der Waals surface area contributed by atoms with Crippen LogP contribution in [0, 0.1) is 13.8 Å². The zero-order valence-corrected chi connectivity index (χ0v) is 8.87. The van der Waals surface area contributed by atoms with Crippen LogP contribution < -0.4 is 10.6 Å². The van der Waals surface area contributed by atoms with Crippen LogP contribution in [0.2, 0.25) is 0 Å². The first-order chi connectivity index (χ1) is 6.56. The number of hydrogen-bond donors (Lipinski definition) is 1. The summed E-state index contributed by atoms with van der Waals surface area (Å²) in [7, 11) is 1.75. The van der Waals surface area contributed by atoms with E-state index in [1.54, 1.807) is 11.9 Å². The van der Waals surface area contributed by atoms with Crippen LogP contribution in [0.1, 0.15) is 11.1 Å². The summed E-state index contributed by atoms with van der Waals surface area (Å²) >= 11 is 0. The van der Waals surface area contributed by atoms with Crippen molar-refractivity contribution in [1.82, 2.24) is 0 Å². The van der Waals surface area contributed by atoms with Crippen LogP contribution in [0.3, 0.4) is 0 Å². The molecule has 0 radical (unpaired) electrons. The van der Waals surface area contributed by atoms with E-state index in [1.807, 2.05) is 32.0 Å². The molecule has 1 amide bonds. The zero-order chi connectivity index (χ0) is 10.7. The lowest BCUT2D eigenvalue weighted by Crippen LogP contribution is -2.32. The SMILES string of the molecule is Cc1ccc(C)c(N(C)C(=O)CN)c1. The normalized spacial score (nSPS) is 10.0. The molecule has 0 aliphatic heterocycles. The Labute approximate surface area is 84.5 Å². The number of carbonyl (C=O) groups is 1. The first-order valence-electron chi connectivity index (χ1n) is 4.60. The Hall–Kier alpha value is -1.35. The molecule has 0 unspecified atom stereocenters. The molecule has 0 heterocycles. The average molecular weight is 192 g/mol. The summed E-state index contributed by atoms with van der Waals surface area (Å²) < 4.78 is 0. The molecule has 3 heteroatoms. The third kappa shape index (κ3) is 2.12. The molecular formula is C11H16N2O. The molecular weight excluding hydrogens is 176 g/mol. The third-order valence-electron chi connectivity index (χ3n) is 2.27. The molecule has 0 fully saturated rings. The number of hydrogen-bond acceptors (Lipinski definition) is 2. The predicted octanol–water partition coefficient (Wildman–Crippen LogP) is 1.22. The third-order valence-corrected chi connectivity index (χ3v) is 2.27. The van der Waals surface area contributed by atoms with Crippen LogP contribution in [0.25, 0.3) is 0 Å². The summed E-state index contributed by atoms with van der Waals surface area (Å²) in [6.07, 6.45) is 0. The van der Waals surface area contributed by atoms with E-state index in [4.69, 9.17) is 5.73 Å². The number of nitrogens with two attached hydrogens (primary N) is 1. The fourth-order valence-electron chi connectivity index (χ4n) is 1.35. The molecule has 1 aromatic carbocycles. The highest BCUT2D eigenvalue weighted by Gasteiger charge is 2.10. The number of anilines is 1. The van der Waals surface area contributed by atoms with Crippen LogP contribution in [-0.4, -0.2) is 19.5 Å². The van der Waals surface area contributed by atoms with Crippen LogP contribution in [-0.2, 0) is 4.79 Å². The first kappa shape index (κ1) is 10.7. The second kappa shape index (κ2) is 4.24. The largest absolute Gasteiger partial charge is 0.322 e. The van der Waals surface area contributed by atoms with E-state index >= 15 is 0 Å². The van der Waals surface area contributed by atoms with Gasteiger partial charge in [-0.25, -0.2) is 0 Å². The second-order valence-corrected chi connectivity index (χ2v) is 3.45. The van der Waals surface area contributed by atoms with E-state index in [0.717, 1.165) is 16.8 Å². The maximum atomic E-state index is 11.4. The molecule has 0 saturated carbocycles. The number of carbonyl (C=O) groups excluding carboxylic acids is 1. The van der Waals surface area contributed by atoms with E-state index in [0.29, 0.717) is 0 Å². The standard InChI is InChI=1S/C11H16N2O/c1-8-4-5-9(2)10(6-8)13(3)11(14)7-12/h4-6H,7,12H2,1-3H3. The summed E-state index contributed by atoms with van der Waals surface area (Å²) in [5, 5.41) is 0. The van der Waals surface area contributed by atoms with Crippen molar-refractivity contribution in [1.29, 1.82) is 0 Å². The summed E-state index contributed by atoms with van der Waals surface area (Å²) in [5.41, 5.74) is 8.46. The lowest BCUT2D eigenvalue weighted by molar-refractivity contribution is -0.117. The number of amides is 1. The minimum atomic E-state index is -0.0706. The lowest BCUT2D eigenvalue weighted by Gasteiger charge is -2.19.